The topological polar surface area (TPSA) is 59.8 Å². The van der Waals surface area contributed by atoms with Gasteiger partial charge in [-0.1, -0.05) is 0 Å². The first-order chi connectivity index (χ1) is 11.8. The lowest BCUT2D eigenvalue weighted by atomic mass is 10.1. The molecule has 0 N–H and O–H groups in total. The molecule has 2 aliphatic heterocycles. The average Bonchev–Trinajstić information content (AvgIpc) is 3.37. The van der Waals surface area contributed by atoms with E-state index in [1.165, 1.54) is 12.8 Å². The molecule has 3 aliphatic rings. The molecule has 1 aromatic heterocycles. The summed E-state index contributed by atoms with van der Waals surface area (Å²) in [6.07, 6.45) is 6.43. The smallest absolute Gasteiger partial charge is 0.320 e. The van der Waals surface area contributed by atoms with Crippen LogP contribution in [0, 0.1) is 11.8 Å². The van der Waals surface area contributed by atoms with E-state index in [-0.39, 0.29) is 6.03 Å². The van der Waals surface area contributed by atoms with Crippen molar-refractivity contribution in [3.63, 3.8) is 0 Å². The lowest BCUT2D eigenvalue weighted by Gasteiger charge is -2.33. The van der Waals surface area contributed by atoms with Crippen LogP contribution in [-0.4, -0.2) is 71.4 Å². The van der Waals surface area contributed by atoms with E-state index >= 15 is 0 Å². The highest BCUT2D eigenvalue weighted by Gasteiger charge is 2.30. The van der Waals surface area contributed by atoms with Crippen molar-refractivity contribution in [1.29, 1.82) is 0 Å². The largest absolute Gasteiger partial charge is 0.381 e. The van der Waals surface area contributed by atoms with Crippen molar-refractivity contribution in [2.75, 3.05) is 46.1 Å². The number of carbonyl (C=O) groups is 1. The maximum absolute atomic E-state index is 12.9. The van der Waals surface area contributed by atoms with E-state index in [1.807, 2.05) is 22.2 Å². The Hall–Kier alpha value is -1.60. The minimum absolute atomic E-state index is 0.0990. The quantitative estimate of drug-likeness (QED) is 0.830. The Bertz CT molecular complexity index is 566. The average molecular weight is 334 g/mol. The van der Waals surface area contributed by atoms with Crippen molar-refractivity contribution in [1.82, 2.24) is 19.4 Å². The lowest BCUT2D eigenvalue weighted by molar-refractivity contribution is 0.0369. The van der Waals surface area contributed by atoms with Crippen molar-refractivity contribution in [3.05, 3.63) is 18.2 Å². The van der Waals surface area contributed by atoms with Crippen LogP contribution in [0.25, 0.3) is 0 Å². The van der Waals surface area contributed by atoms with Gasteiger partial charge in [0.2, 0.25) is 0 Å². The molecule has 2 fully saturated rings. The van der Waals surface area contributed by atoms with Gasteiger partial charge in [0.1, 0.15) is 5.82 Å². The summed E-state index contributed by atoms with van der Waals surface area (Å²) in [6, 6.07) is 0.0990. The van der Waals surface area contributed by atoms with Gasteiger partial charge < -0.3 is 23.8 Å². The number of aromatic nitrogens is 2. The molecule has 1 aliphatic carbocycles. The highest BCUT2D eigenvalue weighted by atomic mass is 16.5. The molecule has 0 spiro atoms. The summed E-state index contributed by atoms with van der Waals surface area (Å²) in [6.45, 7) is 6.34. The second kappa shape index (κ2) is 7.11. The molecule has 7 heteroatoms. The highest BCUT2D eigenvalue weighted by Crippen LogP contribution is 2.29. The van der Waals surface area contributed by atoms with E-state index in [9.17, 15) is 4.79 Å². The van der Waals surface area contributed by atoms with Crippen LogP contribution in [0.5, 0.6) is 0 Å². The van der Waals surface area contributed by atoms with Gasteiger partial charge in [0.15, 0.2) is 0 Å². The van der Waals surface area contributed by atoms with Crippen LogP contribution < -0.4 is 0 Å². The molecule has 2 amide bonds. The maximum atomic E-state index is 12.9. The van der Waals surface area contributed by atoms with Gasteiger partial charge in [-0.25, -0.2) is 9.78 Å². The maximum Gasteiger partial charge on any atom is 0.320 e. The Kier molecular flexibility index (Phi) is 4.71. The normalized spacial score (nSPS) is 24.6. The van der Waals surface area contributed by atoms with Gasteiger partial charge in [0.25, 0.3) is 0 Å². The molecule has 4 rings (SSSR count). The summed E-state index contributed by atoms with van der Waals surface area (Å²) in [7, 11) is 0. The number of morpholine rings is 1. The molecular weight excluding hydrogens is 308 g/mol. The first-order valence-corrected chi connectivity index (χ1v) is 8.99. The zero-order chi connectivity index (χ0) is 16.4. The fourth-order valence-corrected chi connectivity index (χ4v) is 3.43. The Balaban J connectivity index is 1.42. The molecular formula is C17H26N4O3. The molecule has 7 nitrogen and oxygen atoms in total. The van der Waals surface area contributed by atoms with Crippen molar-refractivity contribution < 1.29 is 14.3 Å². The fraction of sp³-hybridized carbons (Fsp3) is 0.765. The van der Waals surface area contributed by atoms with Gasteiger partial charge in [-0.05, 0) is 18.8 Å². The number of fused-ring (bicyclic) bond motifs is 1. The number of urea groups is 1. The number of hydrogen-bond acceptors (Lipinski definition) is 4. The van der Waals surface area contributed by atoms with Crippen molar-refractivity contribution in [2.24, 2.45) is 11.8 Å². The Morgan fingerprint density at radius 1 is 1.17 bits per heavy atom. The first kappa shape index (κ1) is 15.9. The third-order valence-corrected chi connectivity index (χ3v) is 5.02. The number of ether oxygens (including phenoxy) is 2. The molecule has 24 heavy (non-hydrogen) atoms. The van der Waals surface area contributed by atoms with Crippen LogP contribution in [0.4, 0.5) is 4.79 Å². The molecule has 1 saturated carbocycles. The number of hydrogen-bond donors (Lipinski definition) is 0. The third kappa shape index (κ3) is 3.72. The van der Waals surface area contributed by atoms with Crippen molar-refractivity contribution in [3.8, 4) is 0 Å². The molecule has 0 radical (unpaired) electrons. The summed E-state index contributed by atoms with van der Waals surface area (Å²) in [5.41, 5.74) is 0. The summed E-state index contributed by atoms with van der Waals surface area (Å²) in [5.74, 6) is 2.04. The summed E-state index contributed by atoms with van der Waals surface area (Å²) in [5, 5.41) is 0. The molecule has 0 aromatic carbocycles. The van der Waals surface area contributed by atoms with Gasteiger partial charge in [0, 0.05) is 51.1 Å². The number of carbonyl (C=O) groups excluding carboxylic acids is 1. The zero-order valence-corrected chi connectivity index (χ0v) is 14.1. The molecule has 1 atom stereocenters. The molecule has 132 valence electrons. The number of nitrogens with zero attached hydrogens (tertiary/aromatic N) is 4. The SMILES string of the molecule is O=C(N1CCOCC1)N1Cc2nccn2C[C@@H](COCC2CC2)C1. The van der Waals surface area contributed by atoms with E-state index in [1.54, 1.807) is 0 Å². The van der Waals surface area contributed by atoms with E-state index in [4.69, 9.17) is 9.47 Å². The molecule has 0 unspecified atom stereocenters. The molecule has 3 heterocycles. The fourth-order valence-electron chi connectivity index (χ4n) is 3.43. The Labute approximate surface area is 142 Å². The number of imidazole rings is 1. The van der Waals surface area contributed by atoms with E-state index < -0.39 is 0 Å². The minimum atomic E-state index is 0.0990. The van der Waals surface area contributed by atoms with Crippen LogP contribution in [0.15, 0.2) is 12.4 Å². The van der Waals surface area contributed by atoms with Crippen LogP contribution in [0.1, 0.15) is 18.7 Å². The number of amides is 2. The van der Waals surface area contributed by atoms with Crippen LogP contribution in [-0.2, 0) is 22.6 Å². The molecule has 1 saturated heterocycles. The van der Waals surface area contributed by atoms with E-state index in [0.29, 0.717) is 45.4 Å². The van der Waals surface area contributed by atoms with E-state index in [2.05, 4.69) is 9.55 Å². The van der Waals surface area contributed by atoms with Crippen molar-refractivity contribution >= 4 is 6.03 Å². The Morgan fingerprint density at radius 2 is 1.96 bits per heavy atom. The summed E-state index contributed by atoms with van der Waals surface area (Å²) in [4.78, 5) is 21.2. The second-order valence-electron chi connectivity index (χ2n) is 7.11. The van der Waals surface area contributed by atoms with Gasteiger partial charge >= 0.3 is 6.03 Å². The lowest BCUT2D eigenvalue weighted by Crippen LogP contribution is -2.49. The Morgan fingerprint density at radius 3 is 2.75 bits per heavy atom. The van der Waals surface area contributed by atoms with Crippen LogP contribution in [0.3, 0.4) is 0 Å². The minimum Gasteiger partial charge on any atom is -0.381 e. The summed E-state index contributed by atoms with van der Waals surface area (Å²) < 4.78 is 13.4. The van der Waals surface area contributed by atoms with Gasteiger partial charge in [0.05, 0.1) is 26.4 Å². The first-order valence-electron chi connectivity index (χ1n) is 8.99. The van der Waals surface area contributed by atoms with Gasteiger partial charge in [-0.3, -0.25) is 0 Å². The predicted molar refractivity (Wildman–Crippen MR) is 87.5 cm³/mol. The van der Waals surface area contributed by atoms with Crippen molar-refractivity contribution in [2.45, 2.75) is 25.9 Å². The van der Waals surface area contributed by atoms with Gasteiger partial charge in [-0.2, -0.15) is 0 Å². The van der Waals surface area contributed by atoms with Crippen LogP contribution in [0.2, 0.25) is 0 Å². The zero-order valence-electron chi connectivity index (χ0n) is 14.1. The van der Waals surface area contributed by atoms with Gasteiger partial charge in [-0.15, -0.1) is 0 Å². The monoisotopic (exact) mass is 334 g/mol. The molecule has 0 bridgehead atoms. The predicted octanol–water partition coefficient (Wildman–Crippen LogP) is 1.19. The third-order valence-electron chi connectivity index (χ3n) is 5.02. The number of rotatable bonds is 4. The van der Waals surface area contributed by atoms with E-state index in [0.717, 1.165) is 31.4 Å². The highest BCUT2D eigenvalue weighted by molar-refractivity contribution is 5.74. The molecule has 1 aromatic rings. The summed E-state index contributed by atoms with van der Waals surface area (Å²) >= 11 is 0. The standard InChI is InChI=1S/C17H26N4O3/c22-17(19-5-7-23-8-6-19)21-10-15(13-24-12-14-1-2-14)9-20-4-3-18-16(20)11-21/h3-4,14-15H,1-2,5-13H2/t15-/m1/s1. The second-order valence-corrected chi connectivity index (χ2v) is 7.11. The van der Waals surface area contributed by atoms with Crippen LogP contribution >= 0.6 is 0 Å².